The number of halogens is 5. The van der Waals surface area contributed by atoms with Gasteiger partial charge in [-0.1, -0.05) is 81.5 Å². The SMILES string of the molecule is CC(=O)CNc1nc(-c2ccc(F)c3c(C(=O)C(=O)N4CCN(C(=O)c5ccccc5)CC4)c[nH]c23)no1.O=C(C(=O)N1CCN(C(=O)c2ccccc2)CC1)c1c[nH]c2c(-c3noc(C(Cl)(Cl)Cl)n3)ccc(F)c12. The van der Waals surface area contributed by atoms with Crippen LogP contribution in [0.25, 0.3) is 44.6 Å². The predicted molar refractivity (Wildman–Crippen MR) is 268 cm³/mol. The number of piperazine rings is 2. The number of aromatic nitrogens is 6. The van der Waals surface area contributed by atoms with E-state index < -0.39 is 38.8 Å². The second-order valence-electron chi connectivity index (χ2n) is 17.1. The van der Waals surface area contributed by atoms with E-state index in [1.807, 2.05) is 12.1 Å². The normalized spacial score (nSPS) is 13.9. The van der Waals surface area contributed by atoms with Crippen molar-refractivity contribution in [1.29, 1.82) is 0 Å². The first-order valence-corrected chi connectivity index (χ1v) is 24.1. The number of alkyl halides is 3. The van der Waals surface area contributed by atoms with Gasteiger partial charge in [0, 0.05) is 97.8 Å². The van der Waals surface area contributed by atoms with Crippen molar-refractivity contribution in [1.82, 2.24) is 49.8 Å². The molecule has 2 aliphatic rings. The highest BCUT2D eigenvalue weighted by molar-refractivity contribution is 6.66. The number of rotatable bonds is 11. The summed E-state index contributed by atoms with van der Waals surface area (Å²) in [6.07, 6.45) is 2.53. The fourth-order valence-corrected chi connectivity index (χ4v) is 8.70. The molecule has 8 aromatic rings. The molecule has 384 valence electrons. The number of carbonyl (C=O) groups is 7. The lowest BCUT2D eigenvalue weighted by Crippen LogP contribution is -2.52. The Bertz CT molecular complexity index is 3510. The summed E-state index contributed by atoms with van der Waals surface area (Å²) in [7, 11) is 0. The third kappa shape index (κ3) is 10.8. The molecule has 4 aromatic carbocycles. The van der Waals surface area contributed by atoms with E-state index in [1.165, 1.54) is 41.2 Å². The van der Waals surface area contributed by atoms with Crippen molar-refractivity contribution in [3.05, 3.63) is 137 Å². The van der Waals surface area contributed by atoms with Crippen LogP contribution in [-0.4, -0.2) is 150 Å². The van der Waals surface area contributed by atoms with E-state index in [4.69, 9.17) is 43.8 Å². The summed E-state index contributed by atoms with van der Waals surface area (Å²) in [5.74, 6) is -5.35. The van der Waals surface area contributed by atoms with Crippen LogP contribution in [-0.2, 0) is 18.2 Å². The van der Waals surface area contributed by atoms with E-state index in [9.17, 15) is 42.3 Å². The van der Waals surface area contributed by atoms with Gasteiger partial charge in [-0.25, -0.2) is 8.78 Å². The van der Waals surface area contributed by atoms with Crippen molar-refractivity contribution in [2.45, 2.75) is 10.7 Å². The molecule has 4 aromatic heterocycles. The molecule has 6 heterocycles. The lowest BCUT2D eigenvalue weighted by molar-refractivity contribution is -0.128. The van der Waals surface area contributed by atoms with E-state index in [0.29, 0.717) is 16.7 Å². The zero-order valence-corrected chi connectivity index (χ0v) is 41.5. The minimum Gasteiger partial charge on any atom is -0.360 e. The van der Waals surface area contributed by atoms with Gasteiger partial charge in [-0.3, -0.25) is 33.6 Å². The summed E-state index contributed by atoms with van der Waals surface area (Å²) in [6.45, 7) is 3.17. The Labute approximate surface area is 437 Å². The molecule has 0 saturated carbocycles. The quantitative estimate of drug-likeness (QED) is 0.0679. The zero-order chi connectivity index (χ0) is 53.1. The van der Waals surface area contributed by atoms with Crippen molar-refractivity contribution in [3.63, 3.8) is 0 Å². The van der Waals surface area contributed by atoms with Gasteiger partial charge in [0.05, 0.1) is 28.7 Å². The molecule has 0 bridgehead atoms. The summed E-state index contributed by atoms with van der Waals surface area (Å²) < 4.78 is 37.9. The first kappa shape index (κ1) is 51.6. The lowest BCUT2D eigenvalue weighted by Gasteiger charge is -2.34. The molecule has 0 radical (unpaired) electrons. The van der Waals surface area contributed by atoms with Crippen LogP contribution >= 0.6 is 34.8 Å². The maximum absolute atomic E-state index is 14.9. The number of carbonyl (C=O) groups excluding carboxylic acids is 7. The summed E-state index contributed by atoms with van der Waals surface area (Å²) in [5.41, 5.74) is 1.85. The molecule has 2 fully saturated rings. The average molecular weight is 1080 g/mol. The summed E-state index contributed by atoms with van der Waals surface area (Å²) >= 11 is 17.3. The van der Waals surface area contributed by atoms with E-state index in [-0.39, 0.29) is 139 Å². The topological polar surface area (TPSA) is 254 Å². The smallest absolute Gasteiger partial charge is 0.322 e. The highest BCUT2D eigenvalue weighted by Crippen LogP contribution is 2.39. The van der Waals surface area contributed by atoms with Gasteiger partial charge in [0.1, 0.15) is 17.4 Å². The molecule has 2 saturated heterocycles. The number of hydrogen-bond donors (Lipinski definition) is 3. The van der Waals surface area contributed by atoms with Crippen LogP contribution in [0.5, 0.6) is 0 Å². The van der Waals surface area contributed by atoms with E-state index in [0.717, 1.165) is 12.1 Å². The van der Waals surface area contributed by atoms with Crippen LogP contribution in [0.3, 0.4) is 0 Å². The van der Waals surface area contributed by atoms with Crippen LogP contribution in [0, 0.1) is 11.6 Å². The molecule has 0 atom stereocenters. The van der Waals surface area contributed by atoms with Gasteiger partial charge < -0.3 is 43.9 Å². The van der Waals surface area contributed by atoms with Crippen LogP contribution in [0.15, 0.2) is 106 Å². The summed E-state index contributed by atoms with van der Waals surface area (Å²) in [6, 6.07) is 22.7. The Morgan fingerprint density at radius 3 is 1.41 bits per heavy atom. The third-order valence-corrected chi connectivity index (χ3v) is 12.7. The third-order valence-electron chi connectivity index (χ3n) is 12.3. The van der Waals surface area contributed by atoms with E-state index in [2.05, 4.69) is 35.6 Å². The van der Waals surface area contributed by atoms with Gasteiger partial charge in [-0.05, 0) is 55.5 Å². The molecule has 25 heteroatoms. The molecule has 0 spiro atoms. The van der Waals surface area contributed by atoms with Gasteiger partial charge in [0.25, 0.3) is 44.9 Å². The van der Waals surface area contributed by atoms with Crippen LogP contribution < -0.4 is 5.32 Å². The van der Waals surface area contributed by atoms with Crippen LogP contribution in [0.4, 0.5) is 14.8 Å². The Morgan fingerprint density at radius 1 is 0.587 bits per heavy atom. The number of Topliss-reactive ketones (excluding diaryl/α,β-unsaturated/α-hetero) is 3. The minimum absolute atomic E-state index is 0.00159. The Hall–Kier alpha value is -8.34. The van der Waals surface area contributed by atoms with Crippen molar-refractivity contribution in [3.8, 4) is 22.8 Å². The van der Waals surface area contributed by atoms with Crippen molar-refractivity contribution >= 4 is 104 Å². The number of benzene rings is 4. The largest absolute Gasteiger partial charge is 0.360 e. The summed E-state index contributed by atoms with van der Waals surface area (Å²) in [4.78, 5) is 109. The highest BCUT2D eigenvalue weighted by Gasteiger charge is 2.35. The monoisotopic (exact) mass is 1080 g/mol. The molecular weight excluding hydrogens is 1040 g/mol. The number of H-pyrrole nitrogens is 2. The second-order valence-corrected chi connectivity index (χ2v) is 19.3. The zero-order valence-electron chi connectivity index (χ0n) is 39.2. The Balaban J connectivity index is 0.000000184. The van der Waals surface area contributed by atoms with Gasteiger partial charge in [-0.2, -0.15) is 9.97 Å². The molecule has 2 aliphatic heterocycles. The molecule has 0 unspecified atom stereocenters. The van der Waals surface area contributed by atoms with Crippen LogP contribution in [0.2, 0.25) is 0 Å². The Kier molecular flexibility index (Phi) is 14.9. The fourth-order valence-electron chi connectivity index (χ4n) is 8.47. The molecule has 75 heavy (non-hydrogen) atoms. The first-order chi connectivity index (χ1) is 36.0. The van der Waals surface area contributed by atoms with Crippen LogP contribution in [0.1, 0.15) is 54.2 Å². The first-order valence-electron chi connectivity index (χ1n) is 22.9. The maximum Gasteiger partial charge on any atom is 0.322 e. The van der Waals surface area contributed by atoms with Gasteiger partial charge in [0.15, 0.2) is 0 Å². The Morgan fingerprint density at radius 2 is 1.00 bits per heavy atom. The number of fused-ring (bicyclic) bond motifs is 2. The number of hydrogen-bond acceptors (Lipinski definition) is 14. The number of aromatic amines is 2. The predicted octanol–water partition coefficient (Wildman–Crippen LogP) is 6.88. The standard InChI is InChI=1S/C26H23FN6O5.C24H17Cl3FN5O4/c1-15(34)13-29-26-30-23(31-38-26)17-7-8-19(27)20-18(14-28-21(17)20)22(35)25(37)33-11-9-32(10-12-33)24(36)16-5-3-2-4-6-16;25-24(26,27)23-30-20(31-37-23)14-6-7-16(28)17-15(12-29-18(14)17)19(34)22(36)33-10-8-32(9-11-33)21(35)13-4-2-1-3-5-13/h2-8,14,28H,9-13H2,1H3,(H,29,30,31);1-7,12,29H,8-11H2. The maximum atomic E-state index is 14.9. The molecule has 4 amide bonds. The van der Waals surface area contributed by atoms with Crippen molar-refractivity contribution in [2.75, 3.05) is 64.2 Å². The second kappa shape index (κ2) is 21.6. The van der Waals surface area contributed by atoms with E-state index in [1.54, 1.807) is 58.3 Å². The molecular formula is C50H40Cl3F2N11O9. The summed E-state index contributed by atoms with van der Waals surface area (Å²) in [5, 5.41) is 10.1. The molecule has 3 N–H and O–H groups in total. The van der Waals surface area contributed by atoms with Crippen molar-refractivity contribution in [2.24, 2.45) is 0 Å². The van der Waals surface area contributed by atoms with Gasteiger partial charge >= 0.3 is 6.01 Å². The lowest BCUT2D eigenvalue weighted by atomic mass is 10.0. The van der Waals surface area contributed by atoms with Gasteiger partial charge in [-0.15, -0.1) is 0 Å². The minimum atomic E-state index is -1.95. The molecule has 20 nitrogen and oxygen atoms in total. The number of ketones is 3. The van der Waals surface area contributed by atoms with Crippen molar-refractivity contribution < 1.29 is 51.4 Å². The molecule has 10 rings (SSSR count). The van der Waals surface area contributed by atoms with E-state index >= 15 is 0 Å². The fraction of sp³-hybridized carbons (Fsp3) is 0.220. The highest BCUT2D eigenvalue weighted by atomic mass is 35.6. The number of nitrogens with zero attached hydrogens (tertiary/aromatic N) is 8. The number of anilines is 1. The molecule has 0 aliphatic carbocycles. The number of amides is 4. The number of nitrogens with one attached hydrogen (secondary N) is 3. The van der Waals surface area contributed by atoms with Gasteiger partial charge in [0.2, 0.25) is 11.6 Å². The average Bonchev–Trinajstić information content (AvgIpc) is 4.28.